The first-order valence-electron chi connectivity index (χ1n) is 12.1. The Balaban J connectivity index is 1.51. The summed E-state index contributed by atoms with van der Waals surface area (Å²) >= 11 is 14.2. The summed E-state index contributed by atoms with van der Waals surface area (Å²) in [5.41, 5.74) is 3.35. The molecule has 4 aromatic rings. The lowest BCUT2D eigenvalue weighted by Crippen LogP contribution is -2.24. The molecule has 0 atom stereocenters. The summed E-state index contributed by atoms with van der Waals surface area (Å²) in [7, 11) is 0. The van der Waals surface area contributed by atoms with Crippen LogP contribution in [0.1, 0.15) is 53.5 Å². The monoisotopic (exact) mass is 556 g/mol. The minimum Gasteiger partial charge on any atom is -0.345 e. The van der Waals surface area contributed by atoms with Crippen molar-refractivity contribution in [2.24, 2.45) is 0 Å². The molecule has 37 heavy (non-hydrogen) atoms. The van der Waals surface area contributed by atoms with Crippen molar-refractivity contribution in [1.82, 2.24) is 20.1 Å². The van der Waals surface area contributed by atoms with Gasteiger partial charge in [0.25, 0.3) is 5.91 Å². The predicted octanol–water partition coefficient (Wildman–Crippen LogP) is 7.67. The fourth-order valence-electron chi connectivity index (χ4n) is 3.80. The standard InChI is InChI=1S/C28H27Cl2FN4OS/c1-2-3-4-5-19-6-10-21(11-7-19)27(36)32-17-26-33-34-28(37-18-20-8-13-23(31)14-9-20)35(26)25-16-22(29)12-15-24(25)30/h6-16H,2-5,17-18H2,1H3,(H,32,36). The molecule has 0 aliphatic heterocycles. The Bertz CT molecular complexity index is 1340. The molecule has 4 rings (SSSR count). The summed E-state index contributed by atoms with van der Waals surface area (Å²) in [5.74, 6) is 0.572. The van der Waals surface area contributed by atoms with Gasteiger partial charge in [0.05, 0.1) is 17.3 Å². The van der Waals surface area contributed by atoms with E-state index in [0.717, 1.165) is 18.4 Å². The topological polar surface area (TPSA) is 59.8 Å². The number of rotatable bonds is 11. The van der Waals surface area contributed by atoms with Crippen LogP contribution < -0.4 is 5.32 Å². The first-order valence-corrected chi connectivity index (χ1v) is 13.8. The predicted molar refractivity (Wildman–Crippen MR) is 148 cm³/mol. The van der Waals surface area contributed by atoms with Crippen LogP contribution in [0.15, 0.2) is 71.9 Å². The maximum Gasteiger partial charge on any atom is 0.251 e. The number of carbonyl (C=O) groups is 1. The fourth-order valence-corrected chi connectivity index (χ4v) is 5.09. The fraction of sp³-hybridized carbons (Fsp3) is 0.250. The smallest absolute Gasteiger partial charge is 0.251 e. The maximum atomic E-state index is 13.3. The first kappa shape index (κ1) is 27.2. The van der Waals surface area contributed by atoms with Gasteiger partial charge >= 0.3 is 0 Å². The molecule has 0 fully saturated rings. The number of thioether (sulfide) groups is 1. The van der Waals surface area contributed by atoms with E-state index >= 15 is 0 Å². The van der Waals surface area contributed by atoms with Crippen molar-refractivity contribution in [1.29, 1.82) is 0 Å². The van der Waals surface area contributed by atoms with Gasteiger partial charge in [-0.05, 0) is 66.4 Å². The Hall–Kier alpha value is -2.87. The van der Waals surface area contributed by atoms with E-state index in [2.05, 4.69) is 22.4 Å². The van der Waals surface area contributed by atoms with E-state index in [1.807, 2.05) is 24.3 Å². The van der Waals surface area contributed by atoms with Gasteiger partial charge in [-0.3, -0.25) is 9.36 Å². The zero-order chi connectivity index (χ0) is 26.2. The molecule has 0 radical (unpaired) electrons. The number of carbonyl (C=O) groups excluding carboxylic acids is 1. The quantitative estimate of drug-likeness (QED) is 0.152. The van der Waals surface area contributed by atoms with Gasteiger partial charge in [-0.15, -0.1) is 10.2 Å². The number of halogens is 3. The van der Waals surface area contributed by atoms with E-state index in [1.165, 1.54) is 42.3 Å². The van der Waals surface area contributed by atoms with E-state index in [1.54, 1.807) is 34.9 Å². The van der Waals surface area contributed by atoms with E-state index in [-0.39, 0.29) is 18.3 Å². The number of nitrogens with one attached hydrogen (secondary N) is 1. The van der Waals surface area contributed by atoms with Gasteiger partial charge < -0.3 is 5.32 Å². The van der Waals surface area contributed by atoms with Crippen molar-refractivity contribution in [2.45, 2.75) is 50.1 Å². The zero-order valence-electron chi connectivity index (χ0n) is 20.4. The third-order valence-corrected chi connectivity index (χ3v) is 7.38. The van der Waals surface area contributed by atoms with E-state index in [0.29, 0.717) is 38.0 Å². The highest BCUT2D eigenvalue weighted by molar-refractivity contribution is 7.98. The van der Waals surface area contributed by atoms with Crippen LogP contribution in [0, 0.1) is 5.82 Å². The molecule has 3 aromatic carbocycles. The van der Waals surface area contributed by atoms with Crippen LogP contribution in [0.4, 0.5) is 4.39 Å². The molecule has 9 heteroatoms. The number of aryl methyl sites for hydroxylation is 1. The van der Waals surface area contributed by atoms with Crippen LogP contribution in [0.5, 0.6) is 0 Å². The molecular weight excluding hydrogens is 530 g/mol. The molecule has 192 valence electrons. The molecule has 0 unspecified atom stereocenters. The maximum absolute atomic E-state index is 13.3. The SMILES string of the molecule is CCCCCc1ccc(C(=O)NCc2nnc(SCc3ccc(F)cc3)n2-c2cc(Cl)ccc2Cl)cc1. The highest BCUT2D eigenvalue weighted by atomic mass is 35.5. The molecule has 0 bridgehead atoms. The Morgan fingerprint density at radius 2 is 1.70 bits per heavy atom. The number of nitrogens with zero attached hydrogens (tertiary/aromatic N) is 3. The van der Waals surface area contributed by atoms with Crippen LogP contribution >= 0.6 is 35.0 Å². The minimum absolute atomic E-state index is 0.143. The molecule has 0 saturated heterocycles. The Kier molecular flexibility index (Phi) is 9.61. The van der Waals surface area contributed by atoms with E-state index in [4.69, 9.17) is 23.2 Å². The molecular formula is C28H27Cl2FN4OS. The Labute approximate surface area is 230 Å². The first-order chi connectivity index (χ1) is 17.9. The summed E-state index contributed by atoms with van der Waals surface area (Å²) in [4.78, 5) is 12.9. The number of hydrogen-bond donors (Lipinski definition) is 1. The summed E-state index contributed by atoms with van der Waals surface area (Å²) < 4.78 is 15.1. The molecule has 1 N–H and O–H groups in total. The summed E-state index contributed by atoms with van der Waals surface area (Å²) in [5, 5.41) is 13.2. The van der Waals surface area contributed by atoms with Crippen molar-refractivity contribution >= 4 is 40.9 Å². The molecule has 1 heterocycles. The lowest BCUT2D eigenvalue weighted by molar-refractivity contribution is 0.0949. The molecule has 0 spiro atoms. The van der Waals surface area contributed by atoms with Crippen molar-refractivity contribution in [2.75, 3.05) is 0 Å². The Morgan fingerprint density at radius 1 is 0.973 bits per heavy atom. The van der Waals surface area contributed by atoms with Gasteiger partial charge in [0.15, 0.2) is 11.0 Å². The van der Waals surface area contributed by atoms with Gasteiger partial charge in [0.1, 0.15) is 5.82 Å². The van der Waals surface area contributed by atoms with Gasteiger partial charge in [-0.25, -0.2) is 4.39 Å². The second-order valence-corrected chi connectivity index (χ2v) is 10.4. The van der Waals surface area contributed by atoms with E-state index in [9.17, 15) is 9.18 Å². The largest absolute Gasteiger partial charge is 0.345 e. The van der Waals surface area contributed by atoms with Crippen LogP contribution in [-0.4, -0.2) is 20.7 Å². The normalized spacial score (nSPS) is 11.0. The molecule has 0 aliphatic rings. The van der Waals surface area contributed by atoms with Crippen molar-refractivity contribution < 1.29 is 9.18 Å². The highest BCUT2D eigenvalue weighted by Crippen LogP contribution is 2.31. The third kappa shape index (κ3) is 7.34. The average molecular weight is 558 g/mol. The second kappa shape index (κ2) is 13.1. The van der Waals surface area contributed by atoms with Crippen LogP contribution in [0.2, 0.25) is 10.0 Å². The zero-order valence-corrected chi connectivity index (χ0v) is 22.7. The number of aromatic nitrogens is 3. The summed E-state index contributed by atoms with van der Waals surface area (Å²) in [6.45, 7) is 2.33. The lowest BCUT2D eigenvalue weighted by atomic mass is 10.1. The van der Waals surface area contributed by atoms with Crippen molar-refractivity contribution in [3.05, 3.63) is 105 Å². The number of unbranched alkanes of at least 4 members (excludes halogenated alkanes) is 2. The van der Waals surface area contributed by atoms with Gasteiger partial charge in [-0.1, -0.05) is 79.0 Å². The van der Waals surface area contributed by atoms with Gasteiger partial charge in [0, 0.05) is 16.3 Å². The Morgan fingerprint density at radius 3 is 2.43 bits per heavy atom. The number of amides is 1. The summed E-state index contributed by atoms with van der Waals surface area (Å²) in [6, 6.07) is 19.1. The lowest BCUT2D eigenvalue weighted by Gasteiger charge is -2.13. The van der Waals surface area contributed by atoms with E-state index < -0.39 is 0 Å². The second-order valence-electron chi connectivity index (χ2n) is 8.58. The van der Waals surface area contributed by atoms with Crippen LogP contribution in [0.25, 0.3) is 5.69 Å². The summed E-state index contributed by atoms with van der Waals surface area (Å²) in [6.07, 6.45) is 4.53. The molecule has 5 nitrogen and oxygen atoms in total. The molecule has 0 aliphatic carbocycles. The number of benzene rings is 3. The van der Waals surface area contributed by atoms with Crippen LogP contribution in [0.3, 0.4) is 0 Å². The minimum atomic E-state index is -0.285. The van der Waals surface area contributed by atoms with Crippen LogP contribution in [-0.2, 0) is 18.7 Å². The molecule has 1 aromatic heterocycles. The average Bonchev–Trinajstić information content (AvgIpc) is 3.31. The van der Waals surface area contributed by atoms with Gasteiger partial charge in [0.2, 0.25) is 0 Å². The third-order valence-electron chi connectivity index (χ3n) is 5.82. The van der Waals surface area contributed by atoms with Crippen molar-refractivity contribution in [3.63, 3.8) is 0 Å². The molecule has 0 saturated carbocycles. The highest BCUT2D eigenvalue weighted by Gasteiger charge is 2.18. The number of hydrogen-bond acceptors (Lipinski definition) is 4. The van der Waals surface area contributed by atoms with Crippen molar-refractivity contribution in [3.8, 4) is 5.69 Å². The molecule has 1 amide bonds. The van der Waals surface area contributed by atoms with Gasteiger partial charge in [-0.2, -0.15) is 0 Å².